The third-order valence-corrected chi connectivity index (χ3v) is 4.02. The molecule has 1 saturated heterocycles. The van der Waals surface area contributed by atoms with Gasteiger partial charge in [0.15, 0.2) is 0 Å². The fraction of sp³-hybridized carbons (Fsp3) is 0.500. The number of nitrogens with zero attached hydrogens (tertiary/aromatic N) is 2. The van der Waals surface area contributed by atoms with Crippen molar-refractivity contribution in [3.8, 4) is 0 Å². The zero-order chi connectivity index (χ0) is 15.6. The van der Waals surface area contributed by atoms with Crippen molar-refractivity contribution in [1.82, 2.24) is 4.90 Å². The van der Waals surface area contributed by atoms with E-state index in [1.165, 1.54) is 0 Å². The van der Waals surface area contributed by atoms with Crippen LogP contribution in [0.25, 0.3) is 0 Å². The highest BCUT2D eigenvalue weighted by Gasteiger charge is 2.35. The van der Waals surface area contributed by atoms with Crippen LogP contribution in [0.2, 0.25) is 5.02 Å². The maximum Gasteiger partial charge on any atom is 0.249 e. The number of benzene rings is 1. The lowest BCUT2D eigenvalue weighted by Crippen LogP contribution is -2.58. The lowest BCUT2D eigenvalue weighted by atomic mass is 10.1. The smallest absolute Gasteiger partial charge is 0.249 e. The van der Waals surface area contributed by atoms with Crippen LogP contribution in [-0.2, 0) is 9.59 Å². The zero-order valence-corrected chi connectivity index (χ0v) is 13.4. The number of halogens is 1. The van der Waals surface area contributed by atoms with Crippen LogP contribution in [0.15, 0.2) is 24.3 Å². The van der Waals surface area contributed by atoms with E-state index in [4.69, 9.17) is 11.6 Å². The summed E-state index contributed by atoms with van der Waals surface area (Å²) in [6, 6.07) is 6.85. The largest absolute Gasteiger partial charge is 0.329 e. The fourth-order valence-corrected chi connectivity index (χ4v) is 2.83. The second-order valence-corrected chi connectivity index (χ2v) is 6.21. The maximum atomic E-state index is 12.6. The number of carbonyl (C=O) groups is 2. The zero-order valence-electron chi connectivity index (χ0n) is 12.7. The Morgan fingerprint density at radius 1 is 1.33 bits per heavy atom. The number of amides is 2. The highest BCUT2D eigenvalue weighted by atomic mass is 35.5. The quantitative estimate of drug-likeness (QED) is 0.861. The monoisotopic (exact) mass is 308 g/mol. The molecular formula is C16H21ClN2O2. The molecule has 21 heavy (non-hydrogen) atoms. The summed E-state index contributed by atoms with van der Waals surface area (Å²) in [6.07, 6.45) is 0.476. The first kappa shape index (κ1) is 15.8. The second kappa shape index (κ2) is 6.48. The summed E-state index contributed by atoms with van der Waals surface area (Å²) < 4.78 is 0. The minimum atomic E-state index is -0.443. The lowest BCUT2D eigenvalue weighted by molar-refractivity contribution is -0.141. The Kier molecular flexibility index (Phi) is 4.88. The summed E-state index contributed by atoms with van der Waals surface area (Å²) in [5.74, 6) is 0.262. The summed E-state index contributed by atoms with van der Waals surface area (Å²) >= 11 is 6.16. The molecule has 0 aromatic heterocycles. The molecule has 1 aromatic carbocycles. The van der Waals surface area contributed by atoms with E-state index in [9.17, 15) is 9.59 Å². The standard InChI is InChI=1S/C16H21ClN2O2/c1-11(2)10-15(20)18-8-9-19(16(21)12(18)3)14-7-5-4-6-13(14)17/h4-7,11-12H,8-10H2,1-3H3. The van der Waals surface area contributed by atoms with E-state index in [0.717, 1.165) is 0 Å². The Bertz CT molecular complexity index is 545. The number of anilines is 1. The van der Waals surface area contributed by atoms with Gasteiger partial charge in [0.1, 0.15) is 6.04 Å². The molecule has 5 heteroatoms. The van der Waals surface area contributed by atoms with E-state index in [-0.39, 0.29) is 11.8 Å². The molecule has 0 N–H and O–H groups in total. The van der Waals surface area contributed by atoms with Crippen molar-refractivity contribution in [1.29, 1.82) is 0 Å². The van der Waals surface area contributed by atoms with E-state index in [1.54, 1.807) is 22.8 Å². The third kappa shape index (κ3) is 3.38. The number of para-hydroxylation sites is 1. The Morgan fingerprint density at radius 3 is 2.62 bits per heavy atom. The Morgan fingerprint density at radius 2 is 2.00 bits per heavy atom. The molecule has 1 aliphatic heterocycles. The van der Waals surface area contributed by atoms with E-state index in [0.29, 0.717) is 36.1 Å². The highest BCUT2D eigenvalue weighted by Crippen LogP contribution is 2.28. The molecule has 2 rings (SSSR count). The van der Waals surface area contributed by atoms with Crippen molar-refractivity contribution in [2.75, 3.05) is 18.0 Å². The van der Waals surface area contributed by atoms with Crippen molar-refractivity contribution in [3.63, 3.8) is 0 Å². The van der Waals surface area contributed by atoms with Crippen molar-refractivity contribution >= 4 is 29.1 Å². The van der Waals surface area contributed by atoms with Gasteiger partial charge in [0.25, 0.3) is 0 Å². The molecule has 0 radical (unpaired) electrons. The molecule has 4 nitrogen and oxygen atoms in total. The summed E-state index contributed by atoms with van der Waals surface area (Å²) in [5.41, 5.74) is 0.715. The summed E-state index contributed by atoms with van der Waals surface area (Å²) in [7, 11) is 0. The van der Waals surface area contributed by atoms with Gasteiger partial charge in [0.05, 0.1) is 10.7 Å². The molecule has 2 amide bonds. The van der Waals surface area contributed by atoms with Crippen molar-refractivity contribution in [3.05, 3.63) is 29.3 Å². The summed E-state index contributed by atoms with van der Waals surface area (Å²) in [6.45, 7) is 6.82. The SMILES string of the molecule is CC(C)CC(=O)N1CCN(c2ccccc2Cl)C(=O)C1C. The minimum Gasteiger partial charge on any atom is -0.329 e. The van der Waals surface area contributed by atoms with Crippen molar-refractivity contribution in [2.24, 2.45) is 5.92 Å². The van der Waals surface area contributed by atoms with Gasteiger partial charge in [-0.1, -0.05) is 37.6 Å². The predicted molar refractivity (Wildman–Crippen MR) is 84.4 cm³/mol. The summed E-state index contributed by atoms with van der Waals surface area (Å²) in [5, 5.41) is 0.556. The molecule has 1 aliphatic rings. The number of piperazine rings is 1. The first-order valence-corrected chi connectivity index (χ1v) is 7.65. The average molecular weight is 309 g/mol. The maximum absolute atomic E-state index is 12.6. The van der Waals surface area contributed by atoms with Crippen molar-refractivity contribution < 1.29 is 9.59 Å². The summed E-state index contributed by atoms with van der Waals surface area (Å²) in [4.78, 5) is 28.1. The molecule has 0 aliphatic carbocycles. The lowest BCUT2D eigenvalue weighted by Gasteiger charge is -2.39. The van der Waals surface area contributed by atoms with Crippen LogP contribution in [0.4, 0.5) is 5.69 Å². The van der Waals surface area contributed by atoms with Gasteiger partial charge in [-0.2, -0.15) is 0 Å². The fourth-order valence-electron chi connectivity index (χ4n) is 2.59. The van der Waals surface area contributed by atoms with E-state index in [2.05, 4.69) is 0 Å². The van der Waals surface area contributed by atoms with Gasteiger partial charge in [-0.25, -0.2) is 0 Å². The molecule has 0 spiro atoms. The van der Waals surface area contributed by atoms with Gasteiger partial charge in [-0.3, -0.25) is 9.59 Å². The number of carbonyl (C=O) groups excluding carboxylic acids is 2. The molecule has 0 saturated carbocycles. The van der Waals surface area contributed by atoms with Crippen molar-refractivity contribution in [2.45, 2.75) is 33.2 Å². The van der Waals surface area contributed by atoms with Crippen LogP contribution >= 0.6 is 11.6 Å². The van der Waals surface area contributed by atoms with Crippen LogP contribution in [0.3, 0.4) is 0 Å². The average Bonchev–Trinajstić information content (AvgIpc) is 2.42. The molecule has 1 heterocycles. The third-order valence-electron chi connectivity index (χ3n) is 3.70. The Balaban J connectivity index is 2.15. The molecular weight excluding hydrogens is 288 g/mol. The van der Waals surface area contributed by atoms with Gasteiger partial charge in [0, 0.05) is 19.5 Å². The van der Waals surface area contributed by atoms with Crippen LogP contribution < -0.4 is 4.90 Å². The predicted octanol–water partition coefficient (Wildman–Crippen LogP) is 2.95. The first-order chi connectivity index (χ1) is 9.91. The van der Waals surface area contributed by atoms with E-state index < -0.39 is 6.04 Å². The molecule has 1 atom stereocenters. The molecule has 1 aromatic rings. The molecule has 1 unspecified atom stereocenters. The normalized spacial score (nSPS) is 19.3. The number of rotatable bonds is 3. The van der Waals surface area contributed by atoms with Gasteiger partial charge in [-0.05, 0) is 25.0 Å². The molecule has 0 bridgehead atoms. The number of hydrogen-bond acceptors (Lipinski definition) is 2. The van der Waals surface area contributed by atoms with Gasteiger partial charge < -0.3 is 9.80 Å². The van der Waals surface area contributed by atoms with Gasteiger partial charge >= 0.3 is 0 Å². The first-order valence-electron chi connectivity index (χ1n) is 7.27. The second-order valence-electron chi connectivity index (χ2n) is 5.80. The Hall–Kier alpha value is -1.55. The Labute approximate surface area is 130 Å². The van der Waals surface area contributed by atoms with Gasteiger partial charge in [0.2, 0.25) is 11.8 Å². The molecule has 1 fully saturated rings. The minimum absolute atomic E-state index is 0.0460. The highest BCUT2D eigenvalue weighted by molar-refractivity contribution is 6.33. The topological polar surface area (TPSA) is 40.6 Å². The van der Waals surface area contributed by atoms with Crippen LogP contribution in [0.1, 0.15) is 27.2 Å². The van der Waals surface area contributed by atoms with Crippen LogP contribution in [0.5, 0.6) is 0 Å². The van der Waals surface area contributed by atoms with E-state index >= 15 is 0 Å². The number of hydrogen-bond donors (Lipinski definition) is 0. The molecule has 114 valence electrons. The van der Waals surface area contributed by atoms with Crippen LogP contribution in [0, 0.1) is 5.92 Å². The van der Waals surface area contributed by atoms with E-state index in [1.807, 2.05) is 32.0 Å². The van der Waals surface area contributed by atoms with Crippen LogP contribution in [-0.4, -0.2) is 35.8 Å². The van der Waals surface area contributed by atoms with Gasteiger partial charge in [-0.15, -0.1) is 0 Å².